The van der Waals surface area contributed by atoms with Crippen LogP contribution in [0.2, 0.25) is 0 Å². The van der Waals surface area contributed by atoms with Gasteiger partial charge in [-0.05, 0) is 35.4 Å². The van der Waals surface area contributed by atoms with Gasteiger partial charge in [-0.25, -0.2) is 0 Å². The predicted molar refractivity (Wildman–Crippen MR) is 85.4 cm³/mol. The zero-order valence-corrected chi connectivity index (χ0v) is 12.0. The average molecular weight is 265 g/mol. The minimum absolute atomic E-state index is 0.208. The molecule has 104 valence electrons. The van der Waals surface area contributed by atoms with E-state index in [1.165, 1.54) is 48.8 Å². The highest BCUT2D eigenvalue weighted by Gasteiger charge is 2.21. The van der Waals surface area contributed by atoms with E-state index in [4.69, 9.17) is 5.73 Å². The van der Waals surface area contributed by atoms with Crippen LogP contribution in [0.5, 0.6) is 0 Å². The second-order valence-corrected chi connectivity index (χ2v) is 5.91. The number of hydrogen-bond donors (Lipinski definition) is 1. The Kier molecular flexibility index (Phi) is 4.17. The maximum Gasteiger partial charge on any atom is 0.0323 e. The molecule has 2 aromatic rings. The molecule has 3 rings (SSSR count). The maximum atomic E-state index is 6.46. The Balaban J connectivity index is 1.75. The van der Waals surface area contributed by atoms with Gasteiger partial charge in [0.15, 0.2) is 0 Å². The topological polar surface area (TPSA) is 26.0 Å². The third-order valence-corrected chi connectivity index (χ3v) is 4.56. The van der Waals surface area contributed by atoms with E-state index >= 15 is 0 Å². The molecule has 1 saturated carbocycles. The first-order valence-electron chi connectivity index (χ1n) is 7.75. The molecule has 2 aromatic carbocycles. The maximum absolute atomic E-state index is 6.46. The van der Waals surface area contributed by atoms with Crippen LogP contribution in [-0.2, 0) is 0 Å². The van der Waals surface area contributed by atoms with Gasteiger partial charge in [0.05, 0.1) is 0 Å². The molecule has 0 bridgehead atoms. The van der Waals surface area contributed by atoms with Gasteiger partial charge >= 0.3 is 0 Å². The van der Waals surface area contributed by atoms with Crippen molar-refractivity contribution in [1.29, 1.82) is 0 Å². The van der Waals surface area contributed by atoms with Crippen LogP contribution < -0.4 is 5.73 Å². The van der Waals surface area contributed by atoms with Crippen molar-refractivity contribution in [1.82, 2.24) is 0 Å². The monoisotopic (exact) mass is 265 g/mol. The fraction of sp³-hybridized carbons (Fsp3) is 0.368. The minimum Gasteiger partial charge on any atom is -0.324 e. The van der Waals surface area contributed by atoms with E-state index in [2.05, 4.69) is 54.6 Å². The van der Waals surface area contributed by atoms with Gasteiger partial charge < -0.3 is 5.73 Å². The lowest BCUT2D eigenvalue weighted by Gasteiger charge is -2.27. The standard InChI is InChI=1S/C19H23N/c20-19(17-9-5-2-6-10-17)18-13-11-16(12-14-18)15-7-3-1-4-8-15/h1,3-4,7-8,11-14,17,19H,2,5-6,9-10,20H2/t19-/m0/s1. The first-order chi connectivity index (χ1) is 9.84. The van der Waals surface area contributed by atoms with Crippen molar-refractivity contribution >= 4 is 0 Å². The Morgan fingerprint density at radius 2 is 1.35 bits per heavy atom. The minimum atomic E-state index is 0.208. The van der Waals surface area contributed by atoms with Crippen LogP contribution in [0.25, 0.3) is 11.1 Å². The van der Waals surface area contributed by atoms with Crippen molar-refractivity contribution in [2.75, 3.05) is 0 Å². The molecule has 0 saturated heterocycles. The summed E-state index contributed by atoms with van der Waals surface area (Å²) in [7, 11) is 0. The van der Waals surface area contributed by atoms with Gasteiger partial charge in [-0.15, -0.1) is 0 Å². The largest absolute Gasteiger partial charge is 0.324 e. The van der Waals surface area contributed by atoms with Crippen molar-refractivity contribution in [3.8, 4) is 11.1 Å². The third kappa shape index (κ3) is 2.94. The molecular formula is C19H23N. The summed E-state index contributed by atoms with van der Waals surface area (Å²) in [5.41, 5.74) is 10.3. The summed E-state index contributed by atoms with van der Waals surface area (Å²) in [6, 6.07) is 19.5. The number of benzene rings is 2. The van der Waals surface area contributed by atoms with Crippen molar-refractivity contribution in [2.24, 2.45) is 11.7 Å². The molecule has 1 fully saturated rings. The van der Waals surface area contributed by atoms with Gasteiger partial charge in [0.2, 0.25) is 0 Å². The quantitative estimate of drug-likeness (QED) is 0.836. The highest BCUT2D eigenvalue weighted by Crippen LogP contribution is 2.33. The van der Waals surface area contributed by atoms with Gasteiger partial charge in [-0.2, -0.15) is 0 Å². The summed E-state index contributed by atoms with van der Waals surface area (Å²) >= 11 is 0. The van der Waals surface area contributed by atoms with Crippen molar-refractivity contribution in [3.63, 3.8) is 0 Å². The molecule has 0 spiro atoms. The molecule has 0 radical (unpaired) electrons. The van der Waals surface area contributed by atoms with E-state index in [-0.39, 0.29) is 6.04 Å². The van der Waals surface area contributed by atoms with Gasteiger partial charge in [0.1, 0.15) is 0 Å². The van der Waals surface area contributed by atoms with Gasteiger partial charge in [-0.3, -0.25) is 0 Å². The first-order valence-corrected chi connectivity index (χ1v) is 7.75. The third-order valence-electron chi connectivity index (χ3n) is 4.56. The number of hydrogen-bond acceptors (Lipinski definition) is 1. The Bertz CT molecular complexity index is 523. The predicted octanol–water partition coefficient (Wildman–Crippen LogP) is 4.93. The van der Waals surface area contributed by atoms with Crippen LogP contribution in [0.4, 0.5) is 0 Å². The summed E-state index contributed by atoms with van der Waals surface area (Å²) in [6.45, 7) is 0. The zero-order valence-electron chi connectivity index (χ0n) is 12.0. The van der Waals surface area contributed by atoms with Crippen molar-refractivity contribution < 1.29 is 0 Å². The van der Waals surface area contributed by atoms with E-state index in [0.29, 0.717) is 5.92 Å². The highest BCUT2D eigenvalue weighted by atomic mass is 14.7. The Labute approximate surface area is 121 Å². The van der Waals surface area contributed by atoms with Crippen LogP contribution in [0.15, 0.2) is 54.6 Å². The van der Waals surface area contributed by atoms with Crippen LogP contribution in [-0.4, -0.2) is 0 Å². The van der Waals surface area contributed by atoms with E-state index in [9.17, 15) is 0 Å². The molecular weight excluding hydrogens is 242 g/mol. The van der Waals surface area contributed by atoms with Crippen molar-refractivity contribution in [3.05, 3.63) is 60.2 Å². The van der Waals surface area contributed by atoms with Gasteiger partial charge in [-0.1, -0.05) is 73.9 Å². The summed E-state index contributed by atoms with van der Waals surface area (Å²) in [6.07, 6.45) is 6.67. The summed E-state index contributed by atoms with van der Waals surface area (Å²) in [4.78, 5) is 0. The molecule has 0 aromatic heterocycles. The smallest absolute Gasteiger partial charge is 0.0323 e. The number of rotatable bonds is 3. The Morgan fingerprint density at radius 1 is 0.750 bits per heavy atom. The lowest BCUT2D eigenvalue weighted by Crippen LogP contribution is -2.23. The molecule has 0 heterocycles. The molecule has 1 heteroatoms. The molecule has 0 amide bonds. The molecule has 0 aliphatic heterocycles. The molecule has 1 aliphatic carbocycles. The van der Waals surface area contributed by atoms with Gasteiger partial charge in [0, 0.05) is 6.04 Å². The van der Waals surface area contributed by atoms with Crippen LogP contribution in [0.3, 0.4) is 0 Å². The van der Waals surface area contributed by atoms with Crippen LogP contribution in [0, 0.1) is 5.92 Å². The fourth-order valence-corrected chi connectivity index (χ4v) is 3.29. The average Bonchev–Trinajstić information content (AvgIpc) is 2.56. The molecule has 0 unspecified atom stereocenters. The second-order valence-electron chi connectivity index (χ2n) is 5.91. The molecule has 1 aliphatic rings. The Morgan fingerprint density at radius 3 is 2.00 bits per heavy atom. The molecule has 2 N–H and O–H groups in total. The second kappa shape index (κ2) is 6.23. The molecule has 1 atom stereocenters. The highest BCUT2D eigenvalue weighted by molar-refractivity contribution is 5.63. The van der Waals surface area contributed by atoms with E-state index in [1.807, 2.05) is 0 Å². The lowest BCUT2D eigenvalue weighted by atomic mass is 9.81. The lowest BCUT2D eigenvalue weighted by molar-refractivity contribution is 0.308. The van der Waals surface area contributed by atoms with E-state index in [0.717, 1.165) is 0 Å². The van der Waals surface area contributed by atoms with Crippen LogP contribution >= 0.6 is 0 Å². The van der Waals surface area contributed by atoms with E-state index < -0.39 is 0 Å². The summed E-state index contributed by atoms with van der Waals surface area (Å²) in [5.74, 6) is 0.673. The zero-order chi connectivity index (χ0) is 13.8. The molecule has 1 nitrogen and oxygen atoms in total. The summed E-state index contributed by atoms with van der Waals surface area (Å²) < 4.78 is 0. The summed E-state index contributed by atoms with van der Waals surface area (Å²) in [5, 5.41) is 0. The van der Waals surface area contributed by atoms with Crippen molar-refractivity contribution in [2.45, 2.75) is 38.1 Å². The number of nitrogens with two attached hydrogens (primary N) is 1. The first kappa shape index (κ1) is 13.4. The van der Waals surface area contributed by atoms with Crippen LogP contribution in [0.1, 0.15) is 43.7 Å². The van der Waals surface area contributed by atoms with Gasteiger partial charge in [0.25, 0.3) is 0 Å². The Hall–Kier alpha value is -1.60. The molecule has 20 heavy (non-hydrogen) atoms. The normalized spacial score (nSPS) is 17.9. The SMILES string of the molecule is N[C@H](c1ccc(-c2ccccc2)cc1)C1CCCCC1. The fourth-order valence-electron chi connectivity index (χ4n) is 3.29. The van der Waals surface area contributed by atoms with E-state index in [1.54, 1.807) is 0 Å².